The van der Waals surface area contributed by atoms with E-state index >= 15 is 0 Å². The Balaban J connectivity index is 2.67. The quantitative estimate of drug-likeness (QED) is 0.646. The lowest BCUT2D eigenvalue weighted by molar-refractivity contribution is -0.144. The highest BCUT2D eigenvalue weighted by Gasteiger charge is 2.15. The van der Waals surface area contributed by atoms with Crippen molar-refractivity contribution in [2.45, 2.75) is 20.4 Å². The summed E-state index contributed by atoms with van der Waals surface area (Å²) in [5, 5.41) is 0. The summed E-state index contributed by atoms with van der Waals surface area (Å²) >= 11 is 0. The van der Waals surface area contributed by atoms with Crippen molar-refractivity contribution >= 4 is 15.8 Å². The summed E-state index contributed by atoms with van der Waals surface area (Å²) in [5.74, 6) is -0.163. The van der Waals surface area contributed by atoms with Crippen molar-refractivity contribution in [2.24, 2.45) is 0 Å². The van der Waals surface area contributed by atoms with Crippen LogP contribution >= 0.6 is 0 Å². The largest absolute Gasteiger partial charge is 0.465 e. The summed E-state index contributed by atoms with van der Waals surface area (Å²) in [6, 6.07) is 9.65. The molecule has 0 fully saturated rings. The van der Waals surface area contributed by atoms with Gasteiger partial charge in [0, 0.05) is 18.8 Å². The van der Waals surface area contributed by atoms with E-state index in [2.05, 4.69) is 0 Å². The molecule has 6 heteroatoms. The molecular formula is C15H23NO4S. The Bertz CT molecular complexity index is 528. The Morgan fingerprint density at radius 1 is 1.19 bits per heavy atom. The van der Waals surface area contributed by atoms with E-state index in [0.29, 0.717) is 19.7 Å². The van der Waals surface area contributed by atoms with Gasteiger partial charge in [-0.05, 0) is 12.5 Å². The highest BCUT2D eigenvalue weighted by molar-refractivity contribution is 7.91. The fourth-order valence-corrected chi connectivity index (χ4v) is 2.68. The number of nitrogens with zero attached hydrogens (tertiary/aromatic N) is 1. The molecule has 0 aliphatic carbocycles. The number of esters is 1. The van der Waals surface area contributed by atoms with Gasteiger partial charge in [0.15, 0.2) is 9.84 Å². The summed E-state index contributed by atoms with van der Waals surface area (Å²) in [6.45, 7) is 4.65. The highest BCUT2D eigenvalue weighted by atomic mass is 32.2. The van der Waals surface area contributed by atoms with Crippen LogP contribution in [0.25, 0.3) is 0 Å². The molecule has 0 heterocycles. The normalized spacial score (nSPS) is 11.6. The monoisotopic (exact) mass is 313 g/mol. The second-order valence-corrected chi connectivity index (χ2v) is 7.21. The summed E-state index contributed by atoms with van der Waals surface area (Å²) in [5.41, 5.74) is 1.04. The molecule has 0 aliphatic heterocycles. The molecule has 1 aromatic carbocycles. The minimum Gasteiger partial charge on any atom is -0.465 e. The molecule has 21 heavy (non-hydrogen) atoms. The number of carbonyl (C=O) groups excluding carboxylic acids is 1. The summed E-state index contributed by atoms with van der Waals surface area (Å²) in [7, 11) is -3.05. The molecule has 0 aliphatic rings. The maximum Gasteiger partial charge on any atom is 0.320 e. The lowest BCUT2D eigenvalue weighted by Gasteiger charge is -2.21. The number of sulfone groups is 1. The van der Waals surface area contributed by atoms with Crippen molar-refractivity contribution in [1.29, 1.82) is 0 Å². The van der Waals surface area contributed by atoms with E-state index in [1.54, 1.807) is 18.7 Å². The molecule has 0 N–H and O–H groups in total. The zero-order valence-electron chi connectivity index (χ0n) is 12.6. The van der Waals surface area contributed by atoms with Crippen LogP contribution < -0.4 is 0 Å². The zero-order chi connectivity index (χ0) is 15.7. The molecule has 1 rings (SSSR count). The van der Waals surface area contributed by atoms with Crippen molar-refractivity contribution < 1.29 is 17.9 Å². The first-order valence-corrected chi connectivity index (χ1v) is 8.91. The molecule has 0 bridgehead atoms. The van der Waals surface area contributed by atoms with Gasteiger partial charge in [0.05, 0.1) is 18.9 Å². The van der Waals surface area contributed by atoms with Gasteiger partial charge in [-0.2, -0.15) is 0 Å². The summed E-state index contributed by atoms with van der Waals surface area (Å²) in [4.78, 5) is 13.4. The van der Waals surface area contributed by atoms with Crippen LogP contribution in [0, 0.1) is 0 Å². The van der Waals surface area contributed by atoms with Gasteiger partial charge in [-0.1, -0.05) is 37.3 Å². The smallest absolute Gasteiger partial charge is 0.320 e. The van der Waals surface area contributed by atoms with Gasteiger partial charge in [-0.15, -0.1) is 0 Å². The molecular weight excluding hydrogens is 290 g/mol. The first-order chi connectivity index (χ1) is 9.96. The Kier molecular flexibility index (Phi) is 7.39. The van der Waals surface area contributed by atoms with Crippen molar-refractivity contribution in [3.63, 3.8) is 0 Å². The number of rotatable bonds is 9. The minimum atomic E-state index is -3.05. The Labute approximate surface area is 126 Å². The topological polar surface area (TPSA) is 63.7 Å². The maximum atomic E-state index is 11.6. The van der Waals surface area contributed by atoms with Gasteiger partial charge in [0.1, 0.15) is 0 Å². The number of benzene rings is 1. The molecule has 0 unspecified atom stereocenters. The van der Waals surface area contributed by atoms with Crippen molar-refractivity contribution in [3.8, 4) is 0 Å². The van der Waals surface area contributed by atoms with E-state index in [-0.39, 0.29) is 24.0 Å². The molecule has 0 radical (unpaired) electrons. The zero-order valence-corrected chi connectivity index (χ0v) is 13.4. The molecule has 0 atom stereocenters. The predicted octanol–water partition coefficient (Wildman–Crippen LogP) is 1.49. The fraction of sp³-hybridized carbons (Fsp3) is 0.533. The van der Waals surface area contributed by atoms with Crippen LogP contribution in [-0.4, -0.2) is 50.5 Å². The molecule has 1 aromatic rings. The molecule has 0 saturated heterocycles. The van der Waals surface area contributed by atoms with E-state index in [4.69, 9.17) is 4.74 Å². The SMILES string of the molecule is CCOC(=O)CN(CCS(=O)(=O)CC)Cc1ccccc1. The first-order valence-electron chi connectivity index (χ1n) is 7.09. The van der Waals surface area contributed by atoms with Crippen LogP contribution in [0.2, 0.25) is 0 Å². The molecule has 0 saturated carbocycles. The lowest BCUT2D eigenvalue weighted by Crippen LogP contribution is -2.34. The highest BCUT2D eigenvalue weighted by Crippen LogP contribution is 2.05. The minimum absolute atomic E-state index is 0.0513. The van der Waals surface area contributed by atoms with E-state index in [0.717, 1.165) is 5.56 Å². The van der Waals surface area contributed by atoms with Crippen LogP contribution in [0.15, 0.2) is 30.3 Å². The van der Waals surface area contributed by atoms with Crippen molar-refractivity contribution in [3.05, 3.63) is 35.9 Å². The Morgan fingerprint density at radius 3 is 2.43 bits per heavy atom. The van der Waals surface area contributed by atoms with Crippen LogP contribution in [0.3, 0.4) is 0 Å². The number of ether oxygens (including phenoxy) is 1. The number of carbonyl (C=O) groups is 1. The van der Waals surface area contributed by atoms with E-state index in [1.165, 1.54) is 0 Å². The Hall–Kier alpha value is -1.40. The standard InChI is InChI=1S/C15H23NO4S/c1-3-20-15(17)13-16(10-11-21(18,19)4-2)12-14-8-6-5-7-9-14/h5-9H,3-4,10-13H2,1-2H3. The lowest BCUT2D eigenvalue weighted by atomic mass is 10.2. The fourth-order valence-electron chi connectivity index (χ4n) is 1.86. The number of hydrogen-bond donors (Lipinski definition) is 0. The van der Waals surface area contributed by atoms with Crippen LogP contribution in [0.5, 0.6) is 0 Å². The second-order valence-electron chi connectivity index (χ2n) is 4.74. The molecule has 118 valence electrons. The van der Waals surface area contributed by atoms with Gasteiger partial charge in [-0.25, -0.2) is 8.42 Å². The first kappa shape index (κ1) is 17.7. The van der Waals surface area contributed by atoms with E-state index in [1.807, 2.05) is 30.3 Å². The predicted molar refractivity (Wildman–Crippen MR) is 82.7 cm³/mol. The average molecular weight is 313 g/mol. The van der Waals surface area contributed by atoms with Gasteiger partial charge in [0.25, 0.3) is 0 Å². The van der Waals surface area contributed by atoms with Crippen molar-refractivity contribution in [1.82, 2.24) is 4.90 Å². The van der Waals surface area contributed by atoms with Crippen molar-refractivity contribution in [2.75, 3.05) is 31.2 Å². The molecule has 0 spiro atoms. The van der Waals surface area contributed by atoms with Gasteiger partial charge in [0.2, 0.25) is 0 Å². The van der Waals surface area contributed by atoms with Crippen LogP contribution in [0.4, 0.5) is 0 Å². The van der Waals surface area contributed by atoms with Crippen LogP contribution in [-0.2, 0) is 25.9 Å². The average Bonchev–Trinajstić information content (AvgIpc) is 2.46. The molecule has 0 amide bonds. The third-order valence-corrected chi connectivity index (χ3v) is 4.75. The van der Waals surface area contributed by atoms with Gasteiger partial charge < -0.3 is 4.74 Å². The van der Waals surface area contributed by atoms with Gasteiger partial charge >= 0.3 is 5.97 Å². The van der Waals surface area contributed by atoms with Gasteiger partial charge in [-0.3, -0.25) is 9.69 Å². The molecule has 0 aromatic heterocycles. The third-order valence-electron chi connectivity index (χ3n) is 3.07. The van der Waals surface area contributed by atoms with Crippen LogP contribution in [0.1, 0.15) is 19.4 Å². The number of hydrogen-bond acceptors (Lipinski definition) is 5. The molecule has 5 nitrogen and oxygen atoms in total. The summed E-state index contributed by atoms with van der Waals surface area (Å²) < 4.78 is 28.2. The maximum absolute atomic E-state index is 11.6. The second kappa shape index (κ2) is 8.79. The van der Waals surface area contributed by atoms with E-state index < -0.39 is 9.84 Å². The third kappa shape index (κ3) is 7.24. The summed E-state index contributed by atoms with van der Waals surface area (Å²) in [6.07, 6.45) is 0. The van der Waals surface area contributed by atoms with E-state index in [9.17, 15) is 13.2 Å². The Morgan fingerprint density at radius 2 is 1.86 bits per heavy atom.